The lowest BCUT2D eigenvalue weighted by Crippen LogP contribution is -2.50. The zero-order chi connectivity index (χ0) is 15.9. The van der Waals surface area contributed by atoms with E-state index in [1.165, 1.54) is 5.56 Å². The number of likely N-dealkylation sites (tertiary alicyclic amines) is 1. The van der Waals surface area contributed by atoms with Gasteiger partial charge in [-0.1, -0.05) is 37.3 Å². The molecule has 23 heavy (non-hydrogen) atoms. The Morgan fingerprint density at radius 3 is 2.87 bits per heavy atom. The van der Waals surface area contributed by atoms with Crippen molar-refractivity contribution in [3.63, 3.8) is 0 Å². The quantitative estimate of drug-likeness (QED) is 0.857. The molecule has 0 aromatic heterocycles. The number of ether oxygens (including phenoxy) is 2. The Bertz CT molecular complexity index is 569. The van der Waals surface area contributed by atoms with Crippen molar-refractivity contribution in [2.75, 3.05) is 13.2 Å². The molecule has 0 radical (unpaired) electrons. The molecular formula is C19H25NO3. The minimum Gasteiger partial charge on any atom is -0.353 e. The van der Waals surface area contributed by atoms with Gasteiger partial charge in [0.25, 0.3) is 5.91 Å². The maximum absolute atomic E-state index is 12.9. The lowest BCUT2D eigenvalue weighted by Gasteiger charge is -2.37. The third-order valence-corrected chi connectivity index (χ3v) is 5.55. The van der Waals surface area contributed by atoms with Gasteiger partial charge >= 0.3 is 0 Å². The van der Waals surface area contributed by atoms with Crippen molar-refractivity contribution in [2.45, 2.75) is 51.5 Å². The molecule has 1 aromatic carbocycles. The number of carbonyl (C=O) groups is 1. The fraction of sp³-hybridized carbons (Fsp3) is 0.632. The van der Waals surface area contributed by atoms with Gasteiger partial charge in [0.2, 0.25) is 0 Å². The van der Waals surface area contributed by atoms with E-state index in [-0.39, 0.29) is 23.7 Å². The number of benzene rings is 1. The van der Waals surface area contributed by atoms with Gasteiger partial charge in [-0.25, -0.2) is 0 Å². The summed E-state index contributed by atoms with van der Waals surface area (Å²) in [6.45, 7) is 4.55. The average molecular weight is 315 g/mol. The molecule has 1 amide bonds. The van der Waals surface area contributed by atoms with Crippen molar-refractivity contribution in [1.29, 1.82) is 0 Å². The van der Waals surface area contributed by atoms with Crippen LogP contribution in [0.3, 0.4) is 0 Å². The van der Waals surface area contributed by atoms with Gasteiger partial charge in [-0.2, -0.15) is 0 Å². The molecule has 4 heteroatoms. The summed E-state index contributed by atoms with van der Waals surface area (Å²) in [5.74, 6) is 0.510. The molecule has 124 valence electrons. The van der Waals surface area contributed by atoms with Crippen molar-refractivity contribution in [3.05, 3.63) is 35.9 Å². The number of amides is 1. The molecule has 1 aliphatic carbocycles. The van der Waals surface area contributed by atoms with Crippen LogP contribution in [0, 0.1) is 11.3 Å². The second-order valence-corrected chi connectivity index (χ2v) is 7.50. The van der Waals surface area contributed by atoms with Gasteiger partial charge in [-0.15, -0.1) is 0 Å². The standard InChI is InChI=1S/C19H25NO3/c1-19-11-15(19)17(23-16-9-5-6-10-22-16)18(21)20(13-19)12-14-7-3-2-4-8-14/h2-4,7-8,15-17H,5-6,9-13H2,1H3. The Balaban J connectivity index is 1.47. The zero-order valence-corrected chi connectivity index (χ0v) is 13.7. The van der Waals surface area contributed by atoms with Gasteiger partial charge in [-0.05, 0) is 36.7 Å². The first kappa shape index (κ1) is 15.2. The normalized spacial score (nSPS) is 36.7. The van der Waals surface area contributed by atoms with Crippen molar-refractivity contribution in [2.24, 2.45) is 11.3 Å². The molecule has 1 saturated carbocycles. The number of piperidine rings is 1. The van der Waals surface area contributed by atoms with Crippen LogP contribution in [0.2, 0.25) is 0 Å². The molecule has 1 aromatic rings. The number of nitrogens with zero attached hydrogens (tertiary/aromatic N) is 1. The maximum Gasteiger partial charge on any atom is 0.252 e. The lowest BCUT2D eigenvalue weighted by atomic mass is 9.96. The smallest absolute Gasteiger partial charge is 0.252 e. The van der Waals surface area contributed by atoms with Crippen LogP contribution >= 0.6 is 0 Å². The monoisotopic (exact) mass is 315 g/mol. The van der Waals surface area contributed by atoms with Crippen LogP contribution < -0.4 is 0 Å². The summed E-state index contributed by atoms with van der Waals surface area (Å²) < 4.78 is 11.8. The fourth-order valence-corrected chi connectivity index (χ4v) is 4.04. The van der Waals surface area contributed by atoms with Crippen LogP contribution in [0.15, 0.2) is 30.3 Å². The molecule has 2 aliphatic heterocycles. The third-order valence-electron chi connectivity index (χ3n) is 5.55. The van der Waals surface area contributed by atoms with Gasteiger partial charge in [0, 0.05) is 25.6 Å². The van der Waals surface area contributed by atoms with E-state index in [0.29, 0.717) is 12.5 Å². The summed E-state index contributed by atoms with van der Waals surface area (Å²) in [5.41, 5.74) is 1.40. The summed E-state index contributed by atoms with van der Waals surface area (Å²) in [4.78, 5) is 14.9. The summed E-state index contributed by atoms with van der Waals surface area (Å²) in [6, 6.07) is 10.2. The Labute approximate surface area is 137 Å². The molecule has 3 aliphatic rings. The summed E-state index contributed by atoms with van der Waals surface area (Å²) in [6.07, 6.45) is 3.70. The Hall–Kier alpha value is -1.39. The molecule has 3 fully saturated rings. The van der Waals surface area contributed by atoms with E-state index in [1.807, 2.05) is 23.1 Å². The average Bonchev–Trinajstić information content (AvgIpc) is 3.25. The molecule has 4 nitrogen and oxygen atoms in total. The van der Waals surface area contributed by atoms with E-state index < -0.39 is 0 Å². The van der Waals surface area contributed by atoms with Gasteiger partial charge < -0.3 is 14.4 Å². The van der Waals surface area contributed by atoms with Crippen LogP contribution in [0.25, 0.3) is 0 Å². The summed E-state index contributed by atoms with van der Waals surface area (Å²) in [5, 5.41) is 0. The van der Waals surface area contributed by atoms with E-state index in [1.54, 1.807) is 0 Å². The second-order valence-electron chi connectivity index (χ2n) is 7.50. The zero-order valence-electron chi connectivity index (χ0n) is 13.7. The van der Waals surface area contributed by atoms with Crippen molar-refractivity contribution < 1.29 is 14.3 Å². The van der Waals surface area contributed by atoms with Crippen LogP contribution in [0.4, 0.5) is 0 Å². The lowest BCUT2D eigenvalue weighted by molar-refractivity contribution is -0.206. The number of hydrogen-bond donors (Lipinski definition) is 0. The van der Waals surface area contributed by atoms with Crippen molar-refractivity contribution >= 4 is 5.91 Å². The molecule has 4 unspecified atom stereocenters. The Kier molecular flexibility index (Phi) is 3.90. The predicted molar refractivity (Wildman–Crippen MR) is 86.5 cm³/mol. The van der Waals surface area contributed by atoms with Crippen LogP contribution in [-0.4, -0.2) is 36.4 Å². The second kappa shape index (κ2) is 5.91. The highest BCUT2D eigenvalue weighted by atomic mass is 16.7. The minimum absolute atomic E-state index is 0.142. The largest absolute Gasteiger partial charge is 0.353 e. The van der Waals surface area contributed by atoms with E-state index in [9.17, 15) is 4.79 Å². The van der Waals surface area contributed by atoms with Crippen LogP contribution in [-0.2, 0) is 20.8 Å². The van der Waals surface area contributed by atoms with E-state index in [0.717, 1.165) is 38.8 Å². The van der Waals surface area contributed by atoms with Crippen LogP contribution in [0.1, 0.15) is 38.2 Å². The molecule has 4 rings (SSSR count). The number of rotatable bonds is 4. The van der Waals surface area contributed by atoms with E-state index in [2.05, 4.69) is 19.1 Å². The third kappa shape index (κ3) is 3.02. The fourth-order valence-electron chi connectivity index (χ4n) is 4.04. The van der Waals surface area contributed by atoms with Gasteiger partial charge in [0.15, 0.2) is 6.29 Å². The van der Waals surface area contributed by atoms with Gasteiger partial charge in [0.05, 0.1) is 0 Å². The summed E-state index contributed by atoms with van der Waals surface area (Å²) >= 11 is 0. The number of fused-ring (bicyclic) bond motifs is 1. The number of carbonyl (C=O) groups excluding carboxylic acids is 1. The summed E-state index contributed by atoms with van der Waals surface area (Å²) in [7, 11) is 0. The SMILES string of the molecule is CC12CC1C(OC1CCCCO1)C(=O)N(Cc1ccccc1)C2. The van der Waals surface area contributed by atoms with E-state index in [4.69, 9.17) is 9.47 Å². The topological polar surface area (TPSA) is 38.8 Å². The molecule has 2 heterocycles. The Morgan fingerprint density at radius 2 is 2.13 bits per heavy atom. The van der Waals surface area contributed by atoms with E-state index >= 15 is 0 Å². The maximum atomic E-state index is 12.9. The minimum atomic E-state index is -0.319. The molecule has 0 spiro atoms. The van der Waals surface area contributed by atoms with Crippen LogP contribution in [0.5, 0.6) is 0 Å². The van der Waals surface area contributed by atoms with Gasteiger partial charge in [0.1, 0.15) is 6.10 Å². The van der Waals surface area contributed by atoms with Gasteiger partial charge in [-0.3, -0.25) is 4.79 Å². The first-order valence-electron chi connectivity index (χ1n) is 8.75. The molecule has 0 N–H and O–H groups in total. The van der Waals surface area contributed by atoms with Crippen molar-refractivity contribution in [1.82, 2.24) is 4.90 Å². The Morgan fingerprint density at radius 1 is 1.30 bits per heavy atom. The van der Waals surface area contributed by atoms with Crippen molar-refractivity contribution in [3.8, 4) is 0 Å². The molecule has 2 saturated heterocycles. The highest BCUT2D eigenvalue weighted by molar-refractivity contribution is 5.83. The highest BCUT2D eigenvalue weighted by Crippen LogP contribution is 2.58. The highest BCUT2D eigenvalue weighted by Gasteiger charge is 2.62. The first-order chi connectivity index (χ1) is 11.2. The molecule has 0 bridgehead atoms. The molecule has 4 atom stereocenters. The molecular weight excluding hydrogens is 290 g/mol. The predicted octanol–water partition coefficient (Wildman–Crippen LogP) is 2.97. The first-order valence-corrected chi connectivity index (χ1v) is 8.75. The number of hydrogen-bond acceptors (Lipinski definition) is 3.